The van der Waals surface area contributed by atoms with Gasteiger partial charge < -0.3 is 10.1 Å². The second-order valence-corrected chi connectivity index (χ2v) is 5.44. The number of nitrogens with one attached hydrogen (secondary N) is 1. The fourth-order valence-electron chi connectivity index (χ4n) is 2.27. The summed E-state index contributed by atoms with van der Waals surface area (Å²) in [6.45, 7) is -0.258. The van der Waals surface area contributed by atoms with Gasteiger partial charge >= 0.3 is 5.97 Å². The first-order valence-corrected chi connectivity index (χ1v) is 7.91. The molecule has 0 aliphatic carbocycles. The number of benzene rings is 2. The maximum atomic E-state index is 13.5. The third kappa shape index (κ3) is 4.32. The molecule has 1 aromatic heterocycles. The van der Waals surface area contributed by atoms with Crippen LogP contribution in [0.5, 0.6) is 0 Å². The largest absolute Gasteiger partial charge is 0.460 e. The van der Waals surface area contributed by atoms with Crippen LogP contribution in [0.3, 0.4) is 0 Å². The van der Waals surface area contributed by atoms with Crippen molar-refractivity contribution in [3.8, 4) is 5.69 Å². The molecule has 3 rings (SSSR count). The predicted octanol–water partition coefficient (Wildman–Crippen LogP) is 2.48. The lowest BCUT2D eigenvalue weighted by Crippen LogP contribution is -2.31. The van der Waals surface area contributed by atoms with Gasteiger partial charge in [0, 0.05) is 12.4 Å². The molecule has 0 atom stereocenters. The van der Waals surface area contributed by atoms with Crippen molar-refractivity contribution in [2.75, 3.05) is 6.54 Å². The predicted molar refractivity (Wildman–Crippen MR) is 92.1 cm³/mol. The summed E-state index contributed by atoms with van der Waals surface area (Å²) in [4.78, 5) is 23.6. The maximum Gasteiger partial charge on any atom is 0.325 e. The van der Waals surface area contributed by atoms with Gasteiger partial charge in [0.15, 0.2) is 0 Å². The highest BCUT2D eigenvalue weighted by Gasteiger charge is 2.12. The van der Waals surface area contributed by atoms with Gasteiger partial charge in [0.05, 0.1) is 11.3 Å². The molecule has 6 nitrogen and oxygen atoms in total. The van der Waals surface area contributed by atoms with Crippen molar-refractivity contribution in [1.82, 2.24) is 15.1 Å². The molecular formula is C19H16FN3O3. The number of esters is 1. The third-order valence-corrected chi connectivity index (χ3v) is 3.62. The Kier molecular flexibility index (Phi) is 5.38. The summed E-state index contributed by atoms with van der Waals surface area (Å²) in [5.74, 6) is -1.91. The molecule has 7 heteroatoms. The summed E-state index contributed by atoms with van der Waals surface area (Å²) in [5, 5.41) is 6.47. The van der Waals surface area contributed by atoms with Crippen molar-refractivity contribution in [2.45, 2.75) is 6.61 Å². The number of hydrogen-bond acceptors (Lipinski definition) is 4. The van der Waals surface area contributed by atoms with Crippen LogP contribution >= 0.6 is 0 Å². The summed E-state index contributed by atoms with van der Waals surface area (Å²) in [5.41, 5.74) is 1.58. The van der Waals surface area contributed by atoms with Crippen molar-refractivity contribution >= 4 is 11.9 Å². The molecule has 1 amide bonds. The maximum absolute atomic E-state index is 13.5. The Bertz CT molecular complexity index is 893. The van der Waals surface area contributed by atoms with E-state index < -0.39 is 17.7 Å². The Labute approximate surface area is 149 Å². The average Bonchev–Trinajstić information content (AvgIpc) is 3.20. The molecule has 1 N–H and O–H groups in total. The highest BCUT2D eigenvalue weighted by Crippen LogP contribution is 2.10. The molecule has 0 unspecified atom stereocenters. The van der Waals surface area contributed by atoms with Crippen LogP contribution in [-0.2, 0) is 16.1 Å². The van der Waals surface area contributed by atoms with E-state index in [1.807, 2.05) is 36.5 Å². The van der Waals surface area contributed by atoms with Crippen molar-refractivity contribution in [3.63, 3.8) is 0 Å². The zero-order valence-electron chi connectivity index (χ0n) is 13.8. The number of halogens is 1. The monoisotopic (exact) mass is 353 g/mol. The second-order valence-electron chi connectivity index (χ2n) is 5.44. The number of carbonyl (C=O) groups is 2. The zero-order valence-corrected chi connectivity index (χ0v) is 13.8. The van der Waals surface area contributed by atoms with Crippen LogP contribution in [0, 0.1) is 5.82 Å². The van der Waals surface area contributed by atoms with E-state index in [-0.39, 0.29) is 18.7 Å². The van der Waals surface area contributed by atoms with E-state index in [0.29, 0.717) is 0 Å². The van der Waals surface area contributed by atoms with Crippen LogP contribution in [-0.4, -0.2) is 28.2 Å². The molecule has 0 radical (unpaired) electrons. The first-order valence-electron chi connectivity index (χ1n) is 7.91. The van der Waals surface area contributed by atoms with Gasteiger partial charge in [0.1, 0.15) is 19.0 Å². The highest BCUT2D eigenvalue weighted by molar-refractivity contribution is 5.96. The molecule has 0 aliphatic heterocycles. The minimum absolute atomic E-state index is 0.0772. The molecule has 132 valence electrons. The molecule has 0 aliphatic rings. The van der Waals surface area contributed by atoms with E-state index in [0.717, 1.165) is 11.3 Å². The molecule has 0 fully saturated rings. The van der Waals surface area contributed by atoms with Crippen LogP contribution in [0.2, 0.25) is 0 Å². The van der Waals surface area contributed by atoms with E-state index >= 15 is 0 Å². The molecule has 0 saturated heterocycles. The number of nitrogens with zero attached hydrogens (tertiary/aromatic N) is 2. The van der Waals surface area contributed by atoms with Crippen LogP contribution < -0.4 is 5.32 Å². The first-order chi connectivity index (χ1) is 12.6. The van der Waals surface area contributed by atoms with Gasteiger partial charge in [0.25, 0.3) is 5.91 Å². The summed E-state index contributed by atoms with van der Waals surface area (Å²) in [7, 11) is 0. The van der Waals surface area contributed by atoms with Gasteiger partial charge in [-0.2, -0.15) is 5.10 Å². The lowest BCUT2D eigenvalue weighted by atomic mass is 10.2. The number of aromatic nitrogens is 2. The van der Waals surface area contributed by atoms with Crippen molar-refractivity contribution < 1.29 is 18.7 Å². The van der Waals surface area contributed by atoms with Crippen LogP contribution in [0.4, 0.5) is 4.39 Å². The molecule has 0 saturated carbocycles. The molecular weight excluding hydrogens is 337 g/mol. The Morgan fingerprint density at radius 1 is 1.08 bits per heavy atom. The molecule has 0 spiro atoms. The van der Waals surface area contributed by atoms with E-state index in [9.17, 15) is 14.0 Å². The third-order valence-electron chi connectivity index (χ3n) is 3.62. The first kappa shape index (κ1) is 17.3. The van der Waals surface area contributed by atoms with Gasteiger partial charge in [-0.25, -0.2) is 9.07 Å². The molecule has 26 heavy (non-hydrogen) atoms. The Morgan fingerprint density at radius 2 is 1.85 bits per heavy atom. The van der Waals surface area contributed by atoms with E-state index in [2.05, 4.69) is 10.4 Å². The van der Waals surface area contributed by atoms with Crippen molar-refractivity contribution in [2.24, 2.45) is 0 Å². The van der Waals surface area contributed by atoms with Crippen LogP contribution in [0.25, 0.3) is 5.69 Å². The normalized spacial score (nSPS) is 10.3. The highest BCUT2D eigenvalue weighted by atomic mass is 19.1. The van der Waals surface area contributed by atoms with E-state index in [1.165, 1.54) is 18.2 Å². The van der Waals surface area contributed by atoms with Gasteiger partial charge in [-0.15, -0.1) is 0 Å². The van der Waals surface area contributed by atoms with Gasteiger partial charge in [-0.1, -0.05) is 24.3 Å². The van der Waals surface area contributed by atoms with Crippen LogP contribution in [0.15, 0.2) is 67.0 Å². The lowest BCUT2D eigenvalue weighted by molar-refractivity contribution is -0.143. The van der Waals surface area contributed by atoms with Gasteiger partial charge in [-0.3, -0.25) is 9.59 Å². The lowest BCUT2D eigenvalue weighted by Gasteiger charge is -2.08. The second kappa shape index (κ2) is 8.06. The molecule has 3 aromatic rings. The molecule has 1 heterocycles. The van der Waals surface area contributed by atoms with Crippen LogP contribution in [0.1, 0.15) is 15.9 Å². The number of carbonyl (C=O) groups excluding carboxylic acids is 2. The summed E-state index contributed by atoms with van der Waals surface area (Å²) >= 11 is 0. The summed E-state index contributed by atoms with van der Waals surface area (Å²) < 4.78 is 20.3. The standard InChI is InChI=1S/C19H16FN3O3/c20-17-5-2-1-4-16(17)19(25)21-12-18(24)26-13-14-6-8-15(9-7-14)23-11-3-10-22-23/h1-11H,12-13H2,(H,21,25). The summed E-state index contributed by atoms with van der Waals surface area (Å²) in [6.07, 6.45) is 3.51. The topological polar surface area (TPSA) is 73.2 Å². The smallest absolute Gasteiger partial charge is 0.325 e. The quantitative estimate of drug-likeness (QED) is 0.691. The Hall–Kier alpha value is -3.48. The van der Waals surface area contributed by atoms with E-state index in [1.54, 1.807) is 16.9 Å². The van der Waals surface area contributed by atoms with Gasteiger partial charge in [0.2, 0.25) is 0 Å². The average molecular weight is 353 g/mol. The SMILES string of the molecule is O=C(CNC(=O)c1ccccc1F)OCc1ccc(-n2cccn2)cc1. The molecule has 0 bridgehead atoms. The summed E-state index contributed by atoms with van der Waals surface area (Å²) in [6, 6.07) is 14.7. The molecule has 2 aromatic carbocycles. The Balaban J connectivity index is 1.47. The van der Waals surface area contributed by atoms with E-state index in [4.69, 9.17) is 4.74 Å². The van der Waals surface area contributed by atoms with Crippen molar-refractivity contribution in [1.29, 1.82) is 0 Å². The minimum Gasteiger partial charge on any atom is -0.460 e. The van der Waals surface area contributed by atoms with Crippen molar-refractivity contribution in [3.05, 3.63) is 83.9 Å². The minimum atomic E-state index is -0.663. The number of rotatable bonds is 6. The zero-order chi connectivity index (χ0) is 18.4. The number of ether oxygens (including phenoxy) is 1. The number of hydrogen-bond donors (Lipinski definition) is 1. The number of amides is 1. The fourth-order valence-corrected chi connectivity index (χ4v) is 2.27. The fraction of sp³-hybridized carbons (Fsp3) is 0.105. The van der Waals surface area contributed by atoms with Gasteiger partial charge in [-0.05, 0) is 35.9 Å². The Morgan fingerprint density at radius 3 is 2.54 bits per heavy atom.